The van der Waals surface area contributed by atoms with E-state index in [0.29, 0.717) is 0 Å². The minimum absolute atomic E-state index is 0. The molecule has 0 bridgehead atoms. The monoisotopic (exact) mass is 1270 g/mol. The van der Waals surface area contributed by atoms with Gasteiger partial charge < -0.3 is 24.8 Å². The van der Waals surface area contributed by atoms with Crippen LogP contribution in [0.1, 0.15) is 137 Å². The maximum atomic E-state index is 3.45. The molecule has 12 rings (SSSR count). The van der Waals surface area contributed by atoms with Crippen LogP contribution >= 0.6 is 0 Å². The second kappa shape index (κ2) is 34.4. The molecule has 0 saturated carbocycles. The molecule has 416 valence electrons. The summed E-state index contributed by atoms with van der Waals surface area (Å²) in [5, 5.41) is 10.9. The van der Waals surface area contributed by atoms with E-state index in [-0.39, 0.29) is 24.8 Å². The molecule has 10 aromatic carbocycles. The fourth-order valence-electron chi connectivity index (χ4n) is 10.8. The molecule has 0 unspecified atom stereocenters. The minimum atomic E-state index is 0. The Kier molecular flexibility index (Phi) is 28.2. The Morgan fingerprint density at radius 3 is 0.793 bits per heavy atom. The Morgan fingerprint density at radius 2 is 0.585 bits per heavy atom. The Morgan fingerprint density at radius 1 is 0.341 bits per heavy atom. The maximum absolute atomic E-state index is 3.45. The molecule has 0 nitrogen and oxygen atoms in total. The van der Waals surface area contributed by atoms with Crippen molar-refractivity contribution in [3.05, 3.63) is 296 Å². The van der Waals surface area contributed by atoms with Crippen molar-refractivity contribution < 1.29 is 73.3 Å². The summed E-state index contributed by atoms with van der Waals surface area (Å²) >= 11 is 2.92. The second-order valence-corrected chi connectivity index (χ2v) is 23.3. The molecule has 2 aliphatic rings. The summed E-state index contributed by atoms with van der Waals surface area (Å²) < 4.78 is 2.83. The Balaban J connectivity index is 0.000000180. The van der Waals surface area contributed by atoms with Gasteiger partial charge in [-0.1, -0.05) is 151 Å². The molecule has 0 amide bonds. The molecule has 0 heterocycles. The van der Waals surface area contributed by atoms with Gasteiger partial charge in [-0.15, -0.1) is 92.3 Å². The van der Waals surface area contributed by atoms with Gasteiger partial charge in [0.1, 0.15) is 0 Å². The molecule has 0 fully saturated rings. The Bertz CT molecular complexity index is 3330. The molecule has 0 aromatic heterocycles. The van der Waals surface area contributed by atoms with Crippen LogP contribution < -0.4 is 24.8 Å². The fourth-order valence-corrected chi connectivity index (χ4v) is 12.5. The van der Waals surface area contributed by atoms with E-state index in [1.54, 1.807) is 22.3 Å². The van der Waals surface area contributed by atoms with E-state index in [2.05, 4.69) is 288 Å². The molecular formula is C78H80Cl2Zr2-2. The molecule has 4 heteroatoms. The Hall–Kier alpha value is -5.45. The summed E-state index contributed by atoms with van der Waals surface area (Å²) in [5.41, 5.74) is 20.0. The van der Waals surface area contributed by atoms with Gasteiger partial charge in [0, 0.05) is 0 Å². The normalized spacial score (nSPS) is 12.2. The van der Waals surface area contributed by atoms with E-state index in [1.807, 2.05) is 0 Å². The van der Waals surface area contributed by atoms with Crippen molar-refractivity contribution in [3.8, 4) is 0 Å². The summed E-state index contributed by atoms with van der Waals surface area (Å²) in [5.74, 6) is 0. The summed E-state index contributed by atoms with van der Waals surface area (Å²) in [6.45, 7) is 22.0. The van der Waals surface area contributed by atoms with Crippen molar-refractivity contribution in [2.24, 2.45) is 0 Å². The first-order valence-electron chi connectivity index (χ1n) is 29.0. The number of halogens is 2. The van der Waals surface area contributed by atoms with Gasteiger partial charge in [0.25, 0.3) is 0 Å². The molecule has 0 radical (unpaired) electrons. The van der Waals surface area contributed by atoms with Gasteiger partial charge in [0.15, 0.2) is 0 Å². The van der Waals surface area contributed by atoms with Gasteiger partial charge in [-0.3, -0.25) is 12.2 Å². The van der Waals surface area contributed by atoms with E-state index >= 15 is 0 Å². The first-order valence-corrected chi connectivity index (χ1v) is 31.5. The summed E-state index contributed by atoms with van der Waals surface area (Å²) in [6, 6.07) is 73.4. The van der Waals surface area contributed by atoms with Gasteiger partial charge in [0.2, 0.25) is 0 Å². The van der Waals surface area contributed by atoms with Crippen molar-refractivity contribution in [2.45, 2.75) is 121 Å². The van der Waals surface area contributed by atoms with E-state index in [0.717, 1.165) is 25.7 Å². The number of hydrogen-bond acceptors (Lipinski definition) is 0. The SMILES string of the molecule is CCC1=[C-]CC(CC)=C1CC.CCC1=[C-]CC(CC)=C1CC.Cc1ccc2c(c1)[cH-]c1cc(C)ccc12.Cc1ccc2c(c1)[cH-]c1cc(C)ccc12.[Cl-].[Cl-].[Zr+2]=[C](c1ccccc1)c1ccccc1.[Zr+2]=[C](c1ccccc1)c1ccccc1. The number of allylic oxidation sites excluding steroid dienone is 8. The van der Waals surface area contributed by atoms with E-state index < -0.39 is 0 Å². The van der Waals surface area contributed by atoms with Crippen LogP contribution in [-0.2, 0) is 48.5 Å². The first-order chi connectivity index (χ1) is 38.9. The summed E-state index contributed by atoms with van der Waals surface area (Å²) in [4.78, 5) is 0. The molecule has 2 aliphatic carbocycles. The van der Waals surface area contributed by atoms with Crippen LogP contribution in [0.5, 0.6) is 0 Å². The molecule has 0 saturated heterocycles. The van der Waals surface area contributed by atoms with Crippen LogP contribution in [0.4, 0.5) is 0 Å². The fraction of sp³-hybridized carbons (Fsp3) is 0.231. The standard InChI is InChI=1S/2C15H13.2C13H10.2C11H17.2ClH.2Zr/c2*1-10-3-5-14-12(7-10)9-13-8-11(2)4-6-15(13)14;2*1-3-7-12(8-4-1)11-13-9-5-2-6-10-13;2*1-4-9-7-8-10(5-2)11(9)6-3;;;;/h2*3-9H,1-2H3;2*1-10H;2*4-7H2,1-3H3;2*1H;;/q2*-1;;;2*-1;;;2*+2/p-2. The van der Waals surface area contributed by atoms with E-state index in [9.17, 15) is 0 Å². The second-order valence-electron chi connectivity index (χ2n) is 20.8. The molecule has 0 aliphatic heterocycles. The zero-order valence-corrected chi connectivity index (χ0v) is 56.5. The van der Waals surface area contributed by atoms with Crippen LogP contribution in [0.3, 0.4) is 0 Å². The number of benzene rings is 8. The molecular weight excluding hydrogens is 1190 g/mol. The molecule has 82 heavy (non-hydrogen) atoms. The van der Waals surface area contributed by atoms with Crippen LogP contribution in [0.2, 0.25) is 0 Å². The zero-order chi connectivity index (χ0) is 57.0. The first kappa shape index (κ1) is 67.3. The number of hydrogen-bond donors (Lipinski definition) is 0. The molecule has 0 spiro atoms. The number of fused-ring (bicyclic) bond motifs is 6. The summed E-state index contributed by atoms with van der Waals surface area (Å²) in [7, 11) is 0. The van der Waals surface area contributed by atoms with Crippen LogP contribution in [0, 0.1) is 39.8 Å². The van der Waals surface area contributed by atoms with Crippen LogP contribution in [-0.4, -0.2) is 6.41 Å². The number of aryl methyl sites for hydroxylation is 4. The van der Waals surface area contributed by atoms with Crippen molar-refractivity contribution >= 4 is 49.5 Å². The van der Waals surface area contributed by atoms with Gasteiger partial charge in [-0.2, -0.15) is 22.3 Å². The molecule has 0 N–H and O–H groups in total. The van der Waals surface area contributed by atoms with Crippen molar-refractivity contribution in [3.63, 3.8) is 0 Å². The van der Waals surface area contributed by atoms with Gasteiger partial charge in [-0.25, -0.2) is 11.1 Å². The van der Waals surface area contributed by atoms with Crippen LogP contribution in [0.25, 0.3) is 43.1 Å². The topological polar surface area (TPSA) is 0 Å². The van der Waals surface area contributed by atoms with E-state index in [4.69, 9.17) is 0 Å². The van der Waals surface area contributed by atoms with Crippen LogP contribution in [0.15, 0.2) is 240 Å². The zero-order valence-electron chi connectivity index (χ0n) is 50.0. The van der Waals surface area contributed by atoms with Gasteiger partial charge >= 0.3 is 198 Å². The summed E-state index contributed by atoms with van der Waals surface area (Å²) in [6.07, 6.45) is 16.2. The van der Waals surface area contributed by atoms with E-state index in [1.165, 1.54) is 179 Å². The Labute approximate surface area is 534 Å². The molecule has 10 aromatic rings. The van der Waals surface area contributed by atoms with Crippen molar-refractivity contribution in [1.29, 1.82) is 0 Å². The average Bonchev–Trinajstić information content (AvgIpc) is 4.50. The number of rotatable bonds is 10. The quantitative estimate of drug-likeness (QED) is 0.120. The predicted molar refractivity (Wildman–Crippen MR) is 344 cm³/mol. The molecule has 0 atom stereocenters. The van der Waals surface area contributed by atoms with Gasteiger partial charge in [0.05, 0.1) is 0 Å². The third-order valence-electron chi connectivity index (χ3n) is 15.2. The van der Waals surface area contributed by atoms with Crippen molar-refractivity contribution in [1.82, 2.24) is 0 Å². The van der Waals surface area contributed by atoms with Gasteiger partial charge in [-0.05, 0) is 27.7 Å². The predicted octanol–water partition coefficient (Wildman–Crippen LogP) is 15.6. The van der Waals surface area contributed by atoms with Crippen molar-refractivity contribution in [2.75, 3.05) is 0 Å². The average molecular weight is 1270 g/mol. The third kappa shape index (κ3) is 18.3. The third-order valence-corrected chi connectivity index (χ3v) is 18.0.